The Bertz CT molecular complexity index is 1360. The van der Waals surface area contributed by atoms with Crippen molar-refractivity contribution < 1.29 is 22.7 Å². The molecule has 1 aliphatic heterocycles. The topological polar surface area (TPSA) is 105 Å². The molecule has 0 unspecified atom stereocenters. The van der Waals surface area contributed by atoms with Gasteiger partial charge in [-0.1, -0.05) is 23.5 Å². The van der Waals surface area contributed by atoms with E-state index in [-0.39, 0.29) is 18.2 Å². The fraction of sp³-hybridized carbons (Fsp3) is 0.375. The van der Waals surface area contributed by atoms with E-state index in [1.165, 1.54) is 29.5 Å². The molecule has 4 aromatic rings. The van der Waals surface area contributed by atoms with Crippen LogP contribution < -0.4 is 15.4 Å². The van der Waals surface area contributed by atoms with Gasteiger partial charge in [-0.25, -0.2) is 9.97 Å². The van der Waals surface area contributed by atoms with E-state index in [1.807, 2.05) is 12.1 Å². The molecule has 200 valence electrons. The smallest absolute Gasteiger partial charge is 0.406 e. The van der Waals surface area contributed by atoms with Crippen molar-refractivity contribution in [3.63, 3.8) is 0 Å². The van der Waals surface area contributed by atoms with Crippen molar-refractivity contribution >= 4 is 49.2 Å². The molecular weight excluding hydrogens is 539 g/mol. The minimum atomic E-state index is -4.79. The third-order valence-electron chi connectivity index (χ3n) is 5.84. The van der Waals surface area contributed by atoms with E-state index in [2.05, 4.69) is 40.4 Å². The minimum absolute atomic E-state index is 0.123. The zero-order chi connectivity index (χ0) is 26.5. The highest BCUT2D eigenvalue weighted by Gasteiger charge is 2.31. The van der Waals surface area contributed by atoms with Crippen LogP contribution in [0.3, 0.4) is 0 Å². The van der Waals surface area contributed by atoms with Crippen molar-refractivity contribution in [1.82, 2.24) is 25.1 Å². The SMILES string of the molecule is O=C(Cc1cccc(OC(F)(F)F)c1)Nc1nnc(N[C@@H]2CCN(CCCc3nc4ncccc4s3)C2)s1. The number of carbonyl (C=O) groups excluding carboxylic acids is 1. The summed E-state index contributed by atoms with van der Waals surface area (Å²) in [6.45, 7) is 2.85. The monoisotopic (exact) mass is 563 g/mol. The molecule has 2 N–H and O–H groups in total. The maximum Gasteiger partial charge on any atom is 0.573 e. The molecule has 1 saturated heterocycles. The molecule has 1 aromatic carbocycles. The summed E-state index contributed by atoms with van der Waals surface area (Å²) >= 11 is 2.91. The van der Waals surface area contributed by atoms with Gasteiger partial charge in [-0.05, 0) is 49.2 Å². The number of anilines is 2. The molecular formula is C24H24F3N7O2S2. The molecule has 1 amide bonds. The molecule has 1 aliphatic rings. The Hall–Kier alpha value is -3.36. The number of nitrogens with zero attached hydrogens (tertiary/aromatic N) is 5. The molecule has 0 saturated carbocycles. The first-order valence-electron chi connectivity index (χ1n) is 12.0. The molecule has 3 aromatic heterocycles. The number of halogens is 3. The van der Waals surface area contributed by atoms with Crippen molar-refractivity contribution in [2.75, 3.05) is 30.3 Å². The van der Waals surface area contributed by atoms with Gasteiger partial charge in [0.05, 0.1) is 16.1 Å². The summed E-state index contributed by atoms with van der Waals surface area (Å²) < 4.78 is 42.3. The number of aromatic nitrogens is 4. The predicted octanol–water partition coefficient (Wildman–Crippen LogP) is 4.74. The van der Waals surface area contributed by atoms with E-state index in [9.17, 15) is 18.0 Å². The van der Waals surface area contributed by atoms with Crippen molar-refractivity contribution in [3.05, 3.63) is 53.2 Å². The van der Waals surface area contributed by atoms with Crippen LogP contribution in [0.15, 0.2) is 42.6 Å². The second-order valence-electron chi connectivity index (χ2n) is 8.80. The Morgan fingerprint density at radius 1 is 1.16 bits per heavy atom. The molecule has 38 heavy (non-hydrogen) atoms. The number of thiazole rings is 1. The molecule has 14 heteroatoms. The van der Waals surface area contributed by atoms with Crippen LogP contribution in [0.1, 0.15) is 23.4 Å². The fourth-order valence-corrected chi connectivity index (χ4v) is 5.94. The molecule has 9 nitrogen and oxygen atoms in total. The third-order valence-corrected chi connectivity index (χ3v) is 7.68. The van der Waals surface area contributed by atoms with Crippen LogP contribution in [-0.2, 0) is 17.6 Å². The molecule has 0 radical (unpaired) electrons. The van der Waals surface area contributed by atoms with Gasteiger partial charge in [-0.2, -0.15) is 0 Å². The van der Waals surface area contributed by atoms with E-state index < -0.39 is 12.3 Å². The van der Waals surface area contributed by atoms with Crippen molar-refractivity contribution in [1.29, 1.82) is 0 Å². The van der Waals surface area contributed by atoms with Gasteiger partial charge in [-0.15, -0.1) is 34.7 Å². The second kappa shape index (κ2) is 11.6. The first kappa shape index (κ1) is 26.3. The highest BCUT2D eigenvalue weighted by molar-refractivity contribution is 7.19. The van der Waals surface area contributed by atoms with Crippen LogP contribution in [0, 0.1) is 0 Å². The maximum atomic E-state index is 12.4. The predicted molar refractivity (Wildman–Crippen MR) is 140 cm³/mol. The number of benzene rings is 1. The average Bonchev–Trinajstić information content (AvgIpc) is 3.58. The number of alkyl halides is 3. The zero-order valence-electron chi connectivity index (χ0n) is 20.1. The first-order chi connectivity index (χ1) is 18.3. The van der Waals surface area contributed by atoms with E-state index in [1.54, 1.807) is 23.6 Å². The Balaban J connectivity index is 1.04. The van der Waals surface area contributed by atoms with Gasteiger partial charge >= 0.3 is 6.36 Å². The number of likely N-dealkylation sites (tertiary alicyclic amines) is 1. The van der Waals surface area contributed by atoms with Gasteiger partial charge in [0.2, 0.25) is 16.2 Å². The van der Waals surface area contributed by atoms with E-state index in [0.29, 0.717) is 15.8 Å². The normalized spacial score (nSPS) is 16.1. The van der Waals surface area contributed by atoms with Crippen molar-refractivity contribution in [2.45, 2.75) is 38.1 Å². The van der Waals surface area contributed by atoms with Gasteiger partial charge in [-0.3, -0.25) is 4.79 Å². The molecule has 0 bridgehead atoms. The summed E-state index contributed by atoms with van der Waals surface area (Å²) in [6.07, 6.45) is -0.229. The van der Waals surface area contributed by atoms with Gasteiger partial charge < -0.3 is 20.3 Å². The number of hydrogen-bond acceptors (Lipinski definition) is 10. The Labute approximate surface area is 224 Å². The number of ether oxygens (including phenoxy) is 1. The summed E-state index contributed by atoms with van der Waals surface area (Å²) in [5, 5.41) is 16.2. The van der Waals surface area contributed by atoms with Gasteiger partial charge in [0, 0.05) is 31.7 Å². The van der Waals surface area contributed by atoms with Crippen LogP contribution in [0.2, 0.25) is 0 Å². The maximum absolute atomic E-state index is 12.4. The summed E-state index contributed by atoms with van der Waals surface area (Å²) in [4.78, 5) is 23.7. The van der Waals surface area contributed by atoms with Crippen LogP contribution in [0.25, 0.3) is 10.3 Å². The van der Waals surface area contributed by atoms with Gasteiger partial charge in [0.1, 0.15) is 5.75 Å². The lowest BCUT2D eigenvalue weighted by Gasteiger charge is -2.15. The number of aryl methyl sites for hydroxylation is 1. The van der Waals surface area contributed by atoms with Crippen LogP contribution in [0.4, 0.5) is 23.4 Å². The van der Waals surface area contributed by atoms with Gasteiger partial charge in [0.15, 0.2) is 5.65 Å². The Morgan fingerprint density at radius 2 is 2.03 bits per heavy atom. The molecule has 0 aliphatic carbocycles. The van der Waals surface area contributed by atoms with Crippen LogP contribution >= 0.6 is 22.7 Å². The number of hydrogen-bond donors (Lipinski definition) is 2. The van der Waals surface area contributed by atoms with Gasteiger partial charge in [0.25, 0.3) is 0 Å². The molecule has 1 atom stereocenters. The molecule has 0 spiro atoms. The first-order valence-corrected chi connectivity index (χ1v) is 13.6. The summed E-state index contributed by atoms with van der Waals surface area (Å²) in [7, 11) is 0. The molecule has 4 heterocycles. The molecule has 5 rings (SSSR count). The summed E-state index contributed by atoms with van der Waals surface area (Å²) in [5.41, 5.74) is 1.20. The number of carbonyl (C=O) groups is 1. The lowest BCUT2D eigenvalue weighted by Crippen LogP contribution is -2.27. The average molecular weight is 564 g/mol. The molecule has 1 fully saturated rings. The van der Waals surface area contributed by atoms with E-state index in [0.717, 1.165) is 54.3 Å². The number of amides is 1. The largest absolute Gasteiger partial charge is 0.573 e. The lowest BCUT2D eigenvalue weighted by atomic mass is 10.1. The Kier molecular flexibility index (Phi) is 8.00. The second-order valence-corrected chi connectivity index (χ2v) is 10.9. The van der Waals surface area contributed by atoms with Crippen molar-refractivity contribution in [3.8, 4) is 5.75 Å². The Morgan fingerprint density at radius 3 is 2.87 bits per heavy atom. The number of fused-ring (bicyclic) bond motifs is 1. The highest BCUT2D eigenvalue weighted by Crippen LogP contribution is 2.26. The van der Waals surface area contributed by atoms with Crippen LogP contribution in [0.5, 0.6) is 5.75 Å². The minimum Gasteiger partial charge on any atom is -0.406 e. The number of rotatable bonds is 10. The number of nitrogens with one attached hydrogen (secondary N) is 2. The van der Waals surface area contributed by atoms with Crippen LogP contribution in [-0.4, -0.2) is 63.0 Å². The van der Waals surface area contributed by atoms with E-state index >= 15 is 0 Å². The fourth-order valence-electron chi connectivity index (χ4n) is 4.24. The summed E-state index contributed by atoms with van der Waals surface area (Å²) in [5.74, 6) is -0.780. The quantitative estimate of drug-likeness (QED) is 0.285. The highest BCUT2D eigenvalue weighted by atomic mass is 32.1. The summed E-state index contributed by atoms with van der Waals surface area (Å²) in [6, 6.07) is 9.52. The third kappa shape index (κ3) is 7.36. The zero-order valence-corrected chi connectivity index (χ0v) is 21.7. The standard InChI is InChI=1S/C24H24F3N7O2S2/c25-24(26,27)36-17-5-1-4-15(12-17)13-19(35)30-23-33-32-22(38-23)29-16-8-11-34(14-16)10-3-7-20-31-21-18(37-20)6-2-9-28-21/h1-2,4-6,9,12,16H,3,7-8,10-11,13-14H2,(H,29,32)(H,30,33,35)/t16-/m1/s1. The lowest BCUT2D eigenvalue weighted by molar-refractivity contribution is -0.274. The number of pyridine rings is 1. The van der Waals surface area contributed by atoms with Crippen molar-refractivity contribution in [2.24, 2.45) is 0 Å². The van der Waals surface area contributed by atoms with E-state index in [4.69, 9.17) is 0 Å².